The molecule has 14 heteroatoms. The maximum atomic E-state index is 14.0. The second-order valence-electron chi connectivity index (χ2n) is 12.8. The van der Waals surface area contributed by atoms with Crippen LogP contribution < -0.4 is 16.8 Å². The van der Waals surface area contributed by atoms with Crippen LogP contribution in [-0.2, 0) is 25.5 Å². The van der Waals surface area contributed by atoms with Crippen LogP contribution in [-0.4, -0.2) is 90.2 Å². The molecule has 0 spiro atoms. The van der Waals surface area contributed by atoms with E-state index in [1.54, 1.807) is 17.8 Å². The largest absolute Gasteiger partial charge is 0.383 e. The van der Waals surface area contributed by atoms with E-state index in [9.17, 15) is 4.39 Å². The topological polar surface area (TPSA) is 148 Å². The first-order chi connectivity index (χ1) is 23.0. The van der Waals surface area contributed by atoms with Crippen LogP contribution in [0.5, 0.6) is 0 Å². The highest BCUT2D eigenvalue weighted by atomic mass is 35.5. The van der Waals surface area contributed by atoms with E-state index in [4.69, 9.17) is 42.0 Å². The van der Waals surface area contributed by atoms with E-state index in [0.717, 1.165) is 35.2 Å². The lowest BCUT2D eigenvalue weighted by Gasteiger charge is -2.39. The minimum Gasteiger partial charge on any atom is -0.383 e. The monoisotopic (exact) mass is 684 g/mol. The Balaban J connectivity index is 1.32. The van der Waals surface area contributed by atoms with Crippen molar-refractivity contribution in [3.05, 3.63) is 65.5 Å². The molecule has 3 heterocycles. The number of nitrogens with one attached hydrogen (secondary N) is 1. The Morgan fingerprint density at radius 2 is 1.71 bits per heavy atom. The smallest absolute Gasteiger partial charge is 0.135 e. The van der Waals surface area contributed by atoms with Crippen molar-refractivity contribution < 1.29 is 23.3 Å². The number of rotatable bonds is 17. The number of benzene rings is 1. The van der Waals surface area contributed by atoms with Crippen molar-refractivity contribution in [2.24, 2.45) is 21.9 Å². The van der Waals surface area contributed by atoms with Crippen molar-refractivity contribution in [2.75, 3.05) is 58.7 Å². The molecule has 0 unspecified atom stereocenters. The molecule has 1 aliphatic carbocycles. The Labute approximate surface area is 285 Å². The van der Waals surface area contributed by atoms with Crippen LogP contribution in [0.4, 0.5) is 15.8 Å². The number of fused-ring (bicyclic) bond motifs is 1. The molecule has 0 aliphatic heterocycles. The van der Waals surface area contributed by atoms with Gasteiger partial charge >= 0.3 is 0 Å². The third-order valence-electron chi connectivity index (χ3n) is 9.28. The second kappa shape index (κ2) is 15.7. The summed E-state index contributed by atoms with van der Waals surface area (Å²) in [7, 11) is 1.64. The Morgan fingerprint density at radius 3 is 2.40 bits per heavy atom. The summed E-state index contributed by atoms with van der Waals surface area (Å²) in [5.74, 6) is -0.302. The molecule has 4 aromatic rings. The summed E-state index contributed by atoms with van der Waals surface area (Å²) >= 11 is 6.32. The predicted molar refractivity (Wildman–Crippen MR) is 186 cm³/mol. The summed E-state index contributed by atoms with van der Waals surface area (Å²) in [6.07, 6.45) is 9.14. The summed E-state index contributed by atoms with van der Waals surface area (Å²) in [5.41, 5.74) is 16.9. The molecule has 0 radical (unpaired) electrons. The molecule has 260 valence electrons. The molecule has 0 bridgehead atoms. The summed E-state index contributed by atoms with van der Waals surface area (Å²) < 4.78 is 39.2. The first-order valence-corrected chi connectivity index (χ1v) is 16.5. The highest BCUT2D eigenvalue weighted by molar-refractivity contribution is 6.33. The lowest BCUT2D eigenvalue weighted by Crippen LogP contribution is -2.51. The zero-order chi connectivity index (χ0) is 34.3. The summed E-state index contributed by atoms with van der Waals surface area (Å²) in [6, 6.07) is 6.07. The summed E-state index contributed by atoms with van der Waals surface area (Å²) in [4.78, 5) is 4.50. The first kappa shape index (κ1) is 35.7. The van der Waals surface area contributed by atoms with Crippen molar-refractivity contribution in [3.63, 3.8) is 0 Å². The van der Waals surface area contributed by atoms with Gasteiger partial charge in [0.2, 0.25) is 0 Å². The number of nitrogens with zero attached hydrogens (tertiary/aromatic N) is 5. The lowest BCUT2D eigenvalue weighted by atomic mass is 9.75. The maximum Gasteiger partial charge on any atom is 0.135 e. The van der Waals surface area contributed by atoms with Gasteiger partial charge in [-0.3, -0.25) is 4.68 Å². The number of anilines is 1. The number of nitrogens with two attached hydrogens (primary N) is 2. The third-order valence-corrected chi connectivity index (χ3v) is 9.60. The van der Waals surface area contributed by atoms with Crippen molar-refractivity contribution in [2.45, 2.75) is 51.7 Å². The van der Waals surface area contributed by atoms with E-state index in [-0.39, 0.29) is 28.5 Å². The van der Waals surface area contributed by atoms with Gasteiger partial charge in [0.25, 0.3) is 0 Å². The molecule has 0 saturated heterocycles. The average Bonchev–Trinajstić information content (AvgIpc) is 3.75. The fraction of sp³-hybridized carbons (Fsp3) is 0.500. The molecular weight excluding hydrogens is 639 g/mol. The summed E-state index contributed by atoms with van der Waals surface area (Å²) in [6.45, 7) is 10.7. The van der Waals surface area contributed by atoms with Gasteiger partial charge in [-0.15, -0.1) is 0 Å². The van der Waals surface area contributed by atoms with Gasteiger partial charge in [0.1, 0.15) is 11.7 Å². The number of aromatic nitrogens is 4. The molecule has 5 rings (SSSR count). The molecule has 0 amide bonds. The van der Waals surface area contributed by atoms with Gasteiger partial charge in [-0.25, -0.2) is 13.9 Å². The molecule has 48 heavy (non-hydrogen) atoms. The van der Waals surface area contributed by atoms with Crippen LogP contribution in [0.3, 0.4) is 0 Å². The van der Waals surface area contributed by atoms with Crippen LogP contribution >= 0.6 is 11.6 Å². The molecule has 1 aliphatic rings. The molecule has 3 aromatic heterocycles. The number of aliphatic imine (C=N–C) groups is 1. The third kappa shape index (κ3) is 8.33. The number of halogens is 2. The Morgan fingerprint density at radius 1 is 1.00 bits per heavy atom. The van der Waals surface area contributed by atoms with Crippen LogP contribution in [0.15, 0.2) is 54.0 Å². The Bertz CT molecular complexity index is 1710. The van der Waals surface area contributed by atoms with Gasteiger partial charge in [-0.1, -0.05) is 25.4 Å². The SMILES string of the molecule is COCCOCCOCCOCCn1cc(-c2cc3c(N[C@@H]4CC[C@](C)(N)C4(C)C)c(C(N)=Nc4cc(F)ccc4Cl)cnn3c2)cn1. The van der Waals surface area contributed by atoms with Crippen molar-refractivity contribution in [1.29, 1.82) is 0 Å². The van der Waals surface area contributed by atoms with E-state index in [0.29, 0.717) is 63.4 Å². The molecule has 2 atom stereocenters. The van der Waals surface area contributed by atoms with Gasteiger partial charge in [0.15, 0.2) is 0 Å². The zero-order valence-electron chi connectivity index (χ0n) is 28.0. The average molecular weight is 685 g/mol. The van der Waals surface area contributed by atoms with Gasteiger partial charge in [0.05, 0.1) is 92.7 Å². The van der Waals surface area contributed by atoms with Crippen molar-refractivity contribution >= 4 is 34.3 Å². The molecular formula is C34H46ClFN8O4. The predicted octanol–water partition coefficient (Wildman–Crippen LogP) is 5.04. The van der Waals surface area contributed by atoms with Crippen molar-refractivity contribution in [3.8, 4) is 11.1 Å². The van der Waals surface area contributed by atoms with Crippen LogP contribution in [0.2, 0.25) is 5.02 Å². The minimum atomic E-state index is -0.458. The van der Waals surface area contributed by atoms with E-state index in [1.807, 2.05) is 29.3 Å². The number of amidine groups is 1. The fourth-order valence-corrected chi connectivity index (χ4v) is 5.91. The molecule has 1 aromatic carbocycles. The zero-order valence-corrected chi connectivity index (χ0v) is 28.8. The highest BCUT2D eigenvalue weighted by Gasteiger charge is 2.49. The maximum absolute atomic E-state index is 14.0. The quantitative estimate of drug-likeness (QED) is 0.0790. The minimum absolute atomic E-state index is 0.0451. The van der Waals surface area contributed by atoms with Gasteiger partial charge in [-0.05, 0) is 38.0 Å². The van der Waals surface area contributed by atoms with Crippen LogP contribution in [0.25, 0.3) is 16.6 Å². The summed E-state index contributed by atoms with van der Waals surface area (Å²) in [5, 5.41) is 13.2. The van der Waals surface area contributed by atoms with Crippen molar-refractivity contribution in [1.82, 2.24) is 19.4 Å². The van der Waals surface area contributed by atoms with E-state index in [1.165, 1.54) is 18.2 Å². The normalized spacial score (nSPS) is 19.4. The van der Waals surface area contributed by atoms with E-state index < -0.39 is 5.82 Å². The van der Waals surface area contributed by atoms with E-state index in [2.05, 4.69) is 41.3 Å². The van der Waals surface area contributed by atoms with Crippen LogP contribution in [0, 0.1) is 11.2 Å². The van der Waals surface area contributed by atoms with Gasteiger partial charge < -0.3 is 35.7 Å². The number of hydrogen-bond acceptors (Lipinski definition) is 9. The van der Waals surface area contributed by atoms with Gasteiger partial charge in [0, 0.05) is 53.7 Å². The number of methoxy groups -OCH3 is 1. The second-order valence-corrected chi connectivity index (χ2v) is 13.2. The Kier molecular flexibility index (Phi) is 11.7. The van der Waals surface area contributed by atoms with Gasteiger partial charge in [-0.2, -0.15) is 10.2 Å². The molecule has 12 nitrogen and oxygen atoms in total. The Hall–Kier alpha value is -3.59. The van der Waals surface area contributed by atoms with Crippen LogP contribution in [0.1, 0.15) is 39.2 Å². The fourth-order valence-electron chi connectivity index (χ4n) is 5.75. The number of hydrogen-bond donors (Lipinski definition) is 3. The van der Waals surface area contributed by atoms with E-state index >= 15 is 0 Å². The molecule has 1 saturated carbocycles. The lowest BCUT2D eigenvalue weighted by molar-refractivity contribution is 0.00249. The molecule has 5 N–H and O–H groups in total. The number of ether oxygens (including phenoxy) is 4. The highest BCUT2D eigenvalue weighted by Crippen LogP contribution is 2.46. The first-order valence-electron chi connectivity index (χ1n) is 16.1. The molecule has 1 fully saturated rings. The standard InChI is InChI=1S/C34H46ClFN8O4/c1-33(2)30(7-8-34(33,3)38)42-31-26(32(37)41-28-18-25(36)5-6-27(28)35)20-40-44-22-23(17-29(31)44)24-19-39-43(21-24)9-10-46-13-14-48-16-15-47-12-11-45-4/h5-6,17-22,30,42H,7-16,38H2,1-4H3,(H2,37,41)/t30-,34+/m1/s1.